The Kier molecular flexibility index (Phi) is 8.45. The molecule has 4 heterocycles. The lowest BCUT2D eigenvalue weighted by Crippen LogP contribution is -2.48. The van der Waals surface area contributed by atoms with Gasteiger partial charge in [-0.1, -0.05) is 29.8 Å². The van der Waals surface area contributed by atoms with E-state index in [1.807, 2.05) is 18.3 Å². The number of nitrogens with zero attached hydrogens (tertiary/aromatic N) is 3. The van der Waals surface area contributed by atoms with E-state index in [9.17, 15) is 4.79 Å². The summed E-state index contributed by atoms with van der Waals surface area (Å²) in [7, 11) is 3.10. The molecule has 2 saturated heterocycles. The van der Waals surface area contributed by atoms with E-state index in [2.05, 4.69) is 22.1 Å². The van der Waals surface area contributed by atoms with Crippen LogP contribution in [-0.4, -0.2) is 79.8 Å². The maximum Gasteiger partial charge on any atom is 0.155 e. The molecule has 0 spiro atoms. The molecular weight excluding hydrogens is 577 g/mol. The van der Waals surface area contributed by atoms with Gasteiger partial charge in [-0.3, -0.25) is 9.69 Å². The van der Waals surface area contributed by atoms with Gasteiger partial charge < -0.3 is 24.8 Å². The average Bonchev–Trinajstić information content (AvgIpc) is 3.72. The quantitative estimate of drug-likeness (QED) is 0.250. The van der Waals surface area contributed by atoms with Crippen LogP contribution in [0.15, 0.2) is 37.1 Å². The highest BCUT2D eigenvalue weighted by Gasteiger charge is 2.39. The zero-order valence-corrected chi connectivity index (χ0v) is 25.3. The van der Waals surface area contributed by atoms with Crippen LogP contribution in [0.2, 0.25) is 10.0 Å². The van der Waals surface area contributed by atoms with E-state index in [-0.39, 0.29) is 17.7 Å². The van der Waals surface area contributed by atoms with Crippen LogP contribution < -0.4 is 20.1 Å². The molecule has 222 valence electrons. The molecule has 42 heavy (non-hydrogen) atoms. The summed E-state index contributed by atoms with van der Waals surface area (Å²) in [6.07, 6.45) is 6.11. The Morgan fingerprint density at radius 2 is 1.88 bits per heavy atom. The third-order valence-electron chi connectivity index (χ3n) is 8.43. The second-order valence-electron chi connectivity index (χ2n) is 11.3. The number of fused-ring (bicyclic) bond motifs is 1. The topological polar surface area (TPSA) is 97.8 Å². The third kappa shape index (κ3) is 5.88. The molecule has 0 radical (unpaired) electrons. The number of carbonyl (C=O) groups excluding carboxylic acids is 1. The van der Waals surface area contributed by atoms with Crippen LogP contribution in [0.3, 0.4) is 0 Å². The highest BCUT2D eigenvalue weighted by atomic mass is 35.5. The van der Waals surface area contributed by atoms with Crippen LogP contribution in [0.4, 0.5) is 11.6 Å². The molecule has 3 aromatic rings. The zero-order valence-electron chi connectivity index (χ0n) is 23.8. The molecule has 1 saturated carbocycles. The van der Waals surface area contributed by atoms with Crippen LogP contribution in [0, 0.1) is 11.8 Å². The van der Waals surface area contributed by atoms with Crippen LogP contribution in [0.5, 0.6) is 11.5 Å². The summed E-state index contributed by atoms with van der Waals surface area (Å²) in [6, 6.07) is 6.09. The number of rotatable bonds is 12. The molecule has 0 amide bonds. The highest BCUT2D eigenvalue weighted by molar-refractivity contribution is 6.41. The van der Waals surface area contributed by atoms with Gasteiger partial charge >= 0.3 is 0 Å². The molecule has 0 unspecified atom stereocenters. The largest absolute Gasteiger partial charge is 0.495 e. The normalized spacial score (nSPS) is 20.8. The van der Waals surface area contributed by atoms with E-state index in [0.717, 1.165) is 55.3 Å². The zero-order chi connectivity index (χ0) is 29.4. The standard InChI is InChI=1S/C31H35Cl2N5O4/c1-4-21(39)7-19-13-38(20-15-42-16-20)14-24(19)36-27-9-22-18(12-34-27)8-23(37-31(22)35-11-17-5-6-17)28-29(32)25(40-2)10-26(41-3)30(28)33/h4,8-10,12,17,19-20,24H,1,5-7,11,13-16H2,2-3H3,(H,34,36)(H,35,37)/t19-,24+/m0/s1. The lowest BCUT2D eigenvalue weighted by molar-refractivity contribution is -0.115. The predicted molar refractivity (Wildman–Crippen MR) is 166 cm³/mol. The molecule has 2 atom stereocenters. The van der Waals surface area contributed by atoms with Crippen molar-refractivity contribution in [2.75, 3.05) is 57.7 Å². The van der Waals surface area contributed by atoms with Crippen molar-refractivity contribution in [3.05, 3.63) is 47.1 Å². The molecule has 9 nitrogen and oxygen atoms in total. The van der Waals surface area contributed by atoms with Crippen molar-refractivity contribution in [3.63, 3.8) is 0 Å². The molecule has 0 bridgehead atoms. The van der Waals surface area contributed by atoms with Crippen molar-refractivity contribution in [2.45, 2.75) is 31.3 Å². The number of ether oxygens (including phenoxy) is 3. The van der Waals surface area contributed by atoms with Crippen LogP contribution in [0.1, 0.15) is 19.3 Å². The molecule has 2 aromatic heterocycles. The maximum absolute atomic E-state index is 12.3. The predicted octanol–water partition coefficient (Wildman–Crippen LogP) is 5.70. The fourth-order valence-corrected chi connectivity index (χ4v) is 6.39. The van der Waals surface area contributed by atoms with Crippen molar-refractivity contribution in [1.82, 2.24) is 14.9 Å². The van der Waals surface area contributed by atoms with Crippen LogP contribution in [-0.2, 0) is 9.53 Å². The van der Waals surface area contributed by atoms with Crippen LogP contribution >= 0.6 is 23.2 Å². The van der Waals surface area contributed by atoms with E-state index < -0.39 is 0 Å². The van der Waals surface area contributed by atoms with E-state index in [1.54, 1.807) is 20.3 Å². The number of hydrogen-bond donors (Lipinski definition) is 2. The Morgan fingerprint density at radius 3 is 2.50 bits per heavy atom. The highest BCUT2D eigenvalue weighted by Crippen LogP contribution is 2.46. The Labute approximate surface area is 255 Å². The number of methoxy groups -OCH3 is 2. The number of anilines is 2. The van der Waals surface area contributed by atoms with Gasteiger partial charge in [-0.2, -0.15) is 0 Å². The fourth-order valence-electron chi connectivity index (χ4n) is 5.70. The summed E-state index contributed by atoms with van der Waals surface area (Å²) in [5.74, 6) is 3.20. The van der Waals surface area contributed by atoms with E-state index >= 15 is 0 Å². The van der Waals surface area contributed by atoms with Crippen LogP contribution in [0.25, 0.3) is 22.0 Å². The molecule has 6 rings (SSSR count). The average molecular weight is 613 g/mol. The SMILES string of the molecule is C=CC(=O)C[C@H]1CN(C2COC2)C[C@H]1Nc1cc2c(NCC3CC3)nc(-c3c(Cl)c(OC)cc(OC)c3Cl)cc2cn1. The first kappa shape index (κ1) is 29.0. The first-order valence-electron chi connectivity index (χ1n) is 14.3. The summed E-state index contributed by atoms with van der Waals surface area (Å²) >= 11 is 13.5. The van der Waals surface area contributed by atoms with Crippen molar-refractivity contribution in [1.29, 1.82) is 0 Å². The molecule has 2 aliphatic heterocycles. The van der Waals surface area contributed by atoms with Gasteiger partial charge in [0, 0.05) is 66.6 Å². The molecule has 3 fully saturated rings. The summed E-state index contributed by atoms with van der Waals surface area (Å²) in [6.45, 7) is 7.63. The van der Waals surface area contributed by atoms with Crippen molar-refractivity contribution < 1.29 is 19.0 Å². The molecular formula is C31H35Cl2N5O4. The fraction of sp³-hybridized carbons (Fsp3) is 0.452. The summed E-state index contributed by atoms with van der Waals surface area (Å²) in [5.41, 5.74) is 1.13. The van der Waals surface area contributed by atoms with Gasteiger partial charge in [0.2, 0.25) is 0 Å². The lowest BCUT2D eigenvalue weighted by Gasteiger charge is -2.34. The Bertz CT molecular complexity index is 1480. The number of likely N-dealkylation sites (tertiary alicyclic amines) is 1. The van der Waals surface area contributed by atoms with Crippen molar-refractivity contribution >= 4 is 51.4 Å². The number of carbonyl (C=O) groups is 1. The molecule has 1 aliphatic carbocycles. The Morgan fingerprint density at radius 1 is 1.14 bits per heavy atom. The first-order valence-corrected chi connectivity index (χ1v) is 15.0. The minimum Gasteiger partial charge on any atom is -0.495 e. The number of aromatic nitrogens is 2. The number of benzene rings is 1. The molecule has 2 N–H and O–H groups in total. The number of hydrogen-bond acceptors (Lipinski definition) is 9. The van der Waals surface area contributed by atoms with Gasteiger partial charge in [0.25, 0.3) is 0 Å². The lowest BCUT2D eigenvalue weighted by atomic mass is 9.97. The summed E-state index contributed by atoms with van der Waals surface area (Å²) in [4.78, 5) is 24.5. The number of pyridine rings is 2. The number of allylic oxidation sites excluding steroid dienone is 1. The summed E-state index contributed by atoms with van der Waals surface area (Å²) in [5, 5.41) is 9.73. The van der Waals surface area contributed by atoms with E-state index in [0.29, 0.717) is 51.2 Å². The smallest absolute Gasteiger partial charge is 0.155 e. The van der Waals surface area contributed by atoms with Gasteiger partial charge in [-0.15, -0.1) is 0 Å². The second kappa shape index (κ2) is 12.2. The van der Waals surface area contributed by atoms with E-state index in [4.69, 9.17) is 47.4 Å². The third-order valence-corrected chi connectivity index (χ3v) is 9.18. The Hall–Kier alpha value is -3.11. The maximum atomic E-state index is 12.3. The van der Waals surface area contributed by atoms with Crippen molar-refractivity contribution in [2.24, 2.45) is 11.8 Å². The van der Waals surface area contributed by atoms with Gasteiger partial charge in [-0.25, -0.2) is 9.97 Å². The van der Waals surface area contributed by atoms with Gasteiger partial charge in [0.1, 0.15) is 23.1 Å². The first-order chi connectivity index (χ1) is 20.4. The van der Waals surface area contributed by atoms with Gasteiger partial charge in [-0.05, 0) is 37.0 Å². The minimum atomic E-state index is 0.0553. The van der Waals surface area contributed by atoms with E-state index in [1.165, 1.54) is 18.9 Å². The number of nitrogens with one attached hydrogen (secondary N) is 2. The number of ketones is 1. The van der Waals surface area contributed by atoms with Gasteiger partial charge in [0.05, 0.1) is 49.2 Å². The Balaban J connectivity index is 1.35. The second-order valence-corrected chi connectivity index (χ2v) is 12.0. The molecule has 3 aliphatic rings. The van der Waals surface area contributed by atoms with Crippen molar-refractivity contribution in [3.8, 4) is 22.8 Å². The number of halogens is 2. The monoisotopic (exact) mass is 611 g/mol. The van der Waals surface area contributed by atoms with Gasteiger partial charge in [0.15, 0.2) is 5.78 Å². The molecule has 11 heteroatoms. The minimum absolute atomic E-state index is 0.0553. The summed E-state index contributed by atoms with van der Waals surface area (Å²) < 4.78 is 16.4. The molecule has 1 aromatic carbocycles.